The molecule has 19 heavy (non-hydrogen) atoms. The highest BCUT2D eigenvalue weighted by Gasteiger charge is 2.30. The monoisotopic (exact) mass is 269 g/mol. The second kappa shape index (κ2) is 8.90. The smallest absolute Gasteiger partial charge is 0.0590 e. The maximum absolute atomic E-state index is 5.53. The Kier molecular flexibility index (Phi) is 7.14. The van der Waals surface area contributed by atoms with Crippen LogP contribution in [0, 0.1) is 0 Å². The Labute approximate surface area is 118 Å². The second-order valence-electron chi connectivity index (χ2n) is 5.82. The zero-order chi connectivity index (χ0) is 13.3. The van der Waals surface area contributed by atoms with Crippen molar-refractivity contribution < 1.29 is 4.74 Å². The van der Waals surface area contributed by atoms with Crippen LogP contribution in [0.3, 0.4) is 0 Å². The minimum atomic E-state index is 0.857. The number of rotatable bonds is 10. The van der Waals surface area contributed by atoms with Gasteiger partial charge in [0.25, 0.3) is 0 Å². The Balaban J connectivity index is 1.37. The van der Waals surface area contributed by atoms with Gasteiger partial charge < -0.3 is 10.1 Å². The van der Waals surface area contributed by atoms with Crippen molar-refractivity contribution in [1.29, 1.82) is 0 Å². The van der Waals surface area contributed by atoms with Crippen molar-refractivity contribution in [3.05, 3.63) is 0 Å². The van der Waals surface area contributed by atoms with E-state index in [-0.39, 0.29) is 0 Å². The van der Waals surface area contributed by atoms with Crippen LogP contribution in [0.25, 0.3) is 0 Å². The van der Waals surface area contributed by atoms with E-state index in [0.29, 0.717) is 0 Å². The number of ether oxygens (including phenoxy) is 1. The molecule has 1 saturated carbocycles. The fourth-order valence-corrected chi connectivity index (χ4v) is 2.65. The number of piperazine rings is 1. The molecule has 0 radical (unpaired) electrons. The van der Waals surface area contributed by atoms with Crippen molar-refractivity contribution >= 4 is 0 Å². The fraction of sp³-hybridized carbons (Fsp3) is 1.00. The van der Waals surface area contributed by atoms with E-state index in [0.717, 1.165) is 32.3 Å². The highest BCUT2D eigenvalue weighted by molar-refractivity contribution is 4.87. The van der Waals surface area contributed by atoms with Crippen LogP contribution >= 0.6 is 0 Å². The van der Waals surface area contributed by atoms with E-state index >= 15 is 0 Å². The van der Waals surface area contributed by atoms with Crippen LogP contribution < -0.4 is 5.32 Å². The molecule has 1 N–H and O–H groups in total. The first-order valence-corrected chi connectivity index (χ1v) is 8.15. The van der Waals surface area contributed by atoms with E-state index in [4.69, 9.17) is 4.74 Å². The summed E-state index contributed by atoms with van der Waals surface area (Å²) < 4.78 is 5.53. The summed E-state index contributed by atoms with van der Waals surface area (Å²) in [5, 5.41) is 3.48. The third kappa shape index (κ3) is 6.21. The lowest BCUT2D eigenvalue weighted by molar-refractivity contribution is 0.120. The predicted molar refractivity (Wildman–Crippen MR) is 79.6 cm³/mol. The van der Waals surface area contributed by atoms with Crippen LogP contribution in [0.2, 0.25) is 0 Å². The average molecular weight is 269 g/mol. The molecule has 2 rings (SSSR count). The minimum absolute atomic E-state index is 0.857. The topological polar surface area (TPSA) is 27.7 Å². The highest BCUT2D eigenvalue weighted by Crippen LogP contribution is 2.27. The summed E-state index contributed by atoms with van der Waals surface area (Å²) in [6.45, 7) is 12.3. The van der Waals surface area contributed by atoms with Crippen molar-refractivity contribution in [3.63, 3.8) is 0 Å². The third-order valence-electron chi connectivity index (χ3n) is 4.14. The first kappa shape index (κ1) is 15.2. The number of hydrogen-bond donors (Lipinski definition) is 1. The average Bonchev–Trinajstić information content (AvgIpc) is 3.27. The molecule has 1 saturated heterocycles. The number of hydrogen-bond acceptors (Lipinski definition) is 4. The Morgan fingerprint density at radius 1 is 1.05 bits per heavy atom. The van der Waals surface area contributed by atoms with E-state index in [2.05, 4.69) is 22.0 Å². The van der Waals surface area contributed by atoms with E-state index in [1.165, 1.54) is 58.4 Å². The Bertz CT molecular complexity index is 225. The predicted octanol–water partition coefficient (Wildman–Crippen LogP) is 1.17. The molecular weight excluding hydrogens is 238 g/mol. The van der Waals surface area contributed by atoms with Gasteiger partial charge in [-0.15, -0.1) is 0 Å². The molecule has 4 heteroatoms. The molecule has 1 heterocycles. The van der Waals surface area contributed by atoms with Crippen molar-refractivity contribution in [2.75, 3.05) is 59.0 Å². The van der Waals surface area contributed by atoms with Crippen LogP contribution in [0.4, 0.5) is 0 Å². The lowest BCUT2D eigenvalue weighted by atomic mass is 10.3. The van der Waals surface area contributed by atoms with Gasteiger partial charge in [0.2, 0.25) is 0 Å². The summed E-state index contributed by atoms with van der Waals surface area (Å²) in [5.74, 6) is 0. The van der Waals surface area contributed by atoms with Gasteiger partial charge in [-0.2, -0.15) is 0 Å². The number of unbranched alkanes of at least 4 members (excludes halogenated alkanes) is 1. The standard InChI is InChI=1S/C15H31N3O/c1-2-3-13-19-14-7-16-6-8-17-9-11-18(12-10-17)15-4-5-15/h15-16H,2-14H2,1H3. The maximum Gasteiger partial charge on any atom is 0.0590 e. The van der Waals surface area contributed by atoms with Crippen LogP contribution in [0.5, 0.6) is 0 Å². The molecular formula is C15H31N3O. The molecule has 0 bridgehead atoms. The van der Waals surface area contributed by atoms with Gasteiger partial charge in [-0.1, -0.05) is 13.3 Å². The third-order valence-corrected chi connectivity index (χ3v) is 4.14. The lowest BCUT2D eigenvalue weighted by Crippen LogP contribution is -2.48. The van der Waals surface area contributed by atoms with E-state index in [9.17, 15) is 0 Å². The molecule has 4 nitrogen and oxygen atoms in total. The SMILES string of the molecule is CCCCOCCNCCN1CCN(C2CC2)CC1. The maximum atomic E-state index is 5.53. The van der Waals surface area contributed by atoms with E-state index in [1.54, 1.807) is 0 Å². The van der Waals surface area contributed by atoms with Gasteiger partial charge >= 0.3 is 0 Å². The van der Waals surface area contributed by atoms with Gasteiger partial charge in [0, 0.05) is 58.5 Å². The van der Waals surface area contributed by atoms with E-state index in [1.807, 2.05) is 0 Å². The quantitative estimate of drug-likeness (QED) is 0.603. The normalized spacial score (nSPS) is 21.9. The van der Waals surface area contributed by atoms with Crippen molar-refractivity contribution in [3.8, 4) is 0 Å². The largest absolute Gasteiger partial charge is 0.380 e. The molecule has 0 amide bonds. The van der Waals surface area contributed by atoms with E-state index < -0.39 is 0 Å². The molecule has 0 aromatic carbocycles. The Morgan fingerprint density at radius 3 is 2.53 bits per heavy atom. The van der Waals surface area contributed by atoms with Gasteiger partial charge in [0.15, 0.2) is 0 Å². The van der Waals surface area contributed by atoms with Crippen molar-refractivity contribution in [2.45, 2.75) is 38.6 Å². The molecule has 0 aromatic heterocycles. The van der Waals surface area contributed by atoms with Crippen LogP contribution in [0.15, 0.2) is 0 Å². The molecule has 1 aliphatic carbocycles. The summed E-state index contributed by atoms with van der Waals surface area (Å²) in [7, 11) is 0. The van der Waals surface area contributed by atoms with Crippen LogP contribution in [-0.2, 0) is 4.74 Å². The Hall–Kier alpha value is -0.160. The molecule has 0 atom stereocenters. The highest BCUT2D eigenvalue weighted by atomic mass is 16.5. The molecule has 1 aliphatic heterocycles. The Morgan fingerprint density at radius 2 is 1.84 bits per heavy atom. The molecule has 0 unspecified atom stereocenters. The number of nitrogens with zero attached hydrogens (tertiary/aromatic N) is 2. The molecule has 112 valence electrons. The first-order chi connectivity index (χ1) is 9.40. The van der Waals surface area contributed by atoms with Crippen LogP contribution in [-0.4, -0.2) is 74.9 Å². The summed E-state index contributed by atoms with van der Waals surface area (Å²) in [6.07, 6.45) is 5.30. The molecule has 0 aromatic rings. The second-order valence-corrected chi connectivity index (χ2v) is 5.82. The molecule has 0 spiro atoms. The van der Waals surface area contributed by atoms with Gasteiger partial charge in [0.1, 0.15) is 0 Å². The summed E-state index contributed by atoms with van der Waals surface area (Å²) >= 11 is 0. The minimum Gasteiger partial charge on any atom is -0.380 e. The van der Waals surface area contributed by atoms with Gasteiger partial charge in [-0.3, -0.25) is 9.80 Å². The summed E-state index contributed by atoms with van der Waals surface area (Å²) in [5.41, 5.74) is 0. The van der Waals surface area contributed by atoms with Crippen LogP contribution in [0.1, 0.15) is 32.6 Å². The van der Waals surface area contributed by atoms with Gasteiger partial charge in [0.05, 0.1) is 6.61 Å². The van der Waals surface area contributed by atoms with Gasteiger partial charge in [-0.05, 0) is 19.3 Å². The molecule has 2 fully saturated rings. The van der Waals surface area contributed by atoms with Gasteiger partial charge in [-0.25, -0.2) is 0 Å². The van der Waals surface area contributed by atoms with Crippen molar-refractivity contribution in [1.82, 2.24) is 15.1 Å². The lowest BCUT2D eigenvalue weighted by Gasteiger charge is -2.34. The first-order valence-electron chi connectivity index (χ1n) is 8.15. The number of nitrogens with one attached hydrogen (secondary N) is 1. The zero-order valence-electron chi connectivity index (χ0n) is 12.6. The fourth-order valence-electron chi connectivity index (χ4n) is 2.65. The molecule has 2 aliphatic rings. The summed E-state index contributed by atoms with van der Waals surface area (Å²) in [4.78, 5) is 5.26. The van der Waals surface area contributed by atoms with Crippen molar-refractivity contribution in [2.24, 2.45) is 0 Å². The zero-order valence-corrected chi connectivity index (χ0v) is 12.6. The summed E-state index contributed by atoms with van der Waals surface area (Å²) in [6, 6.07) is 0.945.